The number of rotatable bonds is 4. The van der Waals surface area contributed by atoms with Crippen molar-refractivity contribution in [2.75, 3.05) is 6.54 Å². The summed E-state index contributed by atoms with van der Waals surface area (Å²) in [5, 5.41) is 3.21. The first kappa shape index (κ1) is 16.4. The van der Waals surface area contributed by atoms with Crippen molar-refractivity contribution in [1.29, 1.82) is 0 Å². The molecule has 126 valence electrons. The second kappa shape index (κ2) is 7.41. The SMILES string of the molecule is NC1CCC(NC(=O)C2CCCN2Cc2ccc(F)cc2)CC1. The minimum absolute atomic E-state index is 0.0596. The fourth-order valence-electron chi connectivity index (χ4n) is 3.70. The zero-order chi connectivity index (χ0) is 16.2. The molecule has 0 spiro atoms. The topological polar surface area (TPSA) is 58.4 Å². The van der Waals surface area contributed by atoms with Gasteiger partial charge in [0.05, 0.1) is 6.04 Å². The molecule has 2 fully saturated rings. The summed E-state index contributed by atoms with van der Waals surface area (Å²) in [6.07, 6.45) is 5.90. The van der Waals surface area contributed by atoms with Crippen LogP contribution in [-0.4, -0.2) is 35.5 Å². The molecule has 1 aromatic carbocycles. The third-order valence-corrected chi connectivity index (χ3v) is 5.08. The van der Waals surface area contributed by atoms with Crippen molar-refractivity contribution in [3.05, 3.63) is 35.6 Å². The minimum atomic E-state index is -0.222. The largest absolute Gasteiger partial charge is 0.352 e. The van der Waals surface area contributed by atoms with Gasteiger partial charge in [-0.25, -0.2) is 4.39 Å². The number of carbonyl (C=O) groups is 1. The van der Waals surface area contributed by atoms with E-state index in [9.17, 15) is 9.18 Å². The maximum Gasteiger partial charge on any atom is 0.237 e. The van der Waals surface area contributed by atoms with Crippen molar-refractivity contribution in [2.45, 2.75) is 63.2 Å². The maximum atomic E-state index is 13.0. The second-order valence-corrected chi connectivity index (χ2v) is 6.88. The summed E-state index contributed by atoms with van der Waals surface area (Å²) in [5.41, 5.74) is 6.97. The average Bonchev–Trinajstić information content (AvgIpc) is 3.00. The number of carbonyl (C=O) groups excluding carboxylic acids is 1. The van der Waals surface area contributed by atoms with Crippen LogP contribution in [0.1, 0.15) is 44.1 Å². The first-order valence-corrected chi connectivity index (χ1v) is 8.66. The smallest absolute Gasteiger partial charge is 0.237 e. The molecule has 1 aliphatic carbocycles. The molecule has 1 saturated carbocycles. The Labute approximate surface area is 137 Å². The molecule has 0 bridgehead atoms. The lowest BCUT2D eigenvalue weighted by Crippen LogP contribution is -2.48. The Hall–Kier alpha value is -1.46. The first-order valence-electron chi connectivity index (χ1n) is 8.66. The lowest BCUT2D eigenvalue weighted by molar-refractivity contribution is -0.126. The predicted molar refractivity (Wildman–Crippen MR) is 88.2 cm³/mol. The normalized spacial score (nSPS) is 28.7. The lowest BCUT2D eigenvalue weighted by Gasteiger charge is -2.30. The van der Waals surface area contributed by atoms with Crippen molar-refractivity contribution >= 4 is 5.91 Å². The van der Waals surface area contributed by atoms with Gasteiger partial charge in [0.2, 0.25) is 5.91 Å². The number of amides is 1. The van der Waals surface area contributed by atoms with E-state index in [0.717, 1.165) is 50.6 Å². The van der Waals surface area contributed by atoms with Crippen molar-refractivity contribution in [1.82, 2.24) is 10.2 Å². The van der Waals surface area contributed by atoms with Gasteiger partial charge in [-0.05, 0) is 62.8 Å². The third-order valence-electron chi connectivity index (χ3n) is 5.08. The van der Waals surface area contributed by atoms with E-state index in [-0.39, 0.29) is 23.8 Å². The molecule has 23 heavy (non-hydrogen) atoms. The zero-order valence-electron chi connectivity index (χ0n) is 13.5. The molecule has 4 nitrogen and oxygen atoms in total. The minimum Gasteiger partial charge on any atom is -0.352 e. The average molecular weight is 319 g/mol. The van der Waals surface area contributed by atoms with Crippen LogP contribution in [0.25, 0.3) is 0 Å². The van der Waals surface area contributed by atoms with Crippen LogP contribution in [-0.2, 0) is 11.3 Å². The molecule has 1 saturated heterocycles. The number of nitrogens with two attached hydrogens (primary N) is 1. The van der Waals surface area contributed by atoms with Crippen LogP contribution in [0.15, 0.2) is 24.3 Å². The molecule has 3 N–H and O–H groups in total. The van der Waals surface area contributed by atoms with Crippen LogP contribution in [0, 0.1) is 5.82 Å². The summed E-state index contributed by atoms with van der Waals surface area (Å²) in [7, 11) is 0. The first-order chi connectivity index (χ1) is 11.1. The van der Waals surface area contributed by atoms with Gasteiger partial charge in [0.15, 0.2) is 0 Å². The van der Waals surface area contributed by atoms with Gasteiger partial charge in [-0.3, -0.25) is 9.69 Å². The van der Waals surface area contributed by atoms with Crippen LogP contribution in [0.2, 0.25) is 0 Å². The van der Waals surface area contributed by atoms with Crippen molar-refractivity contribution in [3.63, 3.8) is 0 Å². The molecule has 2 aliphatic rings. The molecule has 1 amide bonds. The lowest BCUT2D eigenvalue weighted by atomic mass is 9.91. The predicted octanol–water partition coefficient (Wildman–Crippen LogP) is 2.18. The molecule has 0 aromatic heterocycles. The number of likely N-dealkylation sites (tertiary alicyclic amines) is 1. The van der Waals surface area contributed by atoms with Gasteiger partial charge in [-0.15, -0.1) is 0 Å². The Morgan fingerprint density at radius 1 is 1.17 bits per heavy atom. The highest BCUT2D eigenvalue weighted by molar-refractivity contribution is 5.82. The van der Waals surface area contributed by atoms with E-state index in [0.29, 0.717) is 12.6 Å². The number of nitrogens with zero attached hydrogens (tertiary/aromatic N) is 1. The molecule has 3 rings (SSSR count). The highest BCUT2D eigenvalue weighted by Gasteiger charge is 2.32. The van der Waals surface area contributed by atoms with E-state index in [2.05, 4.69) is 10.2 Å². The van der Waals surface area contributed by atoms with Crippen molar-refractivity contribution in [3.8, 4) is 0 Å². The Bertz CT molecular complexity index is 526. The van der Waals surface area contributed by atoms with Crippen molar-refractivity contribution < 1.29 is 9.18 Å². The van der Waals surface area contributed by atoms with E-state index in [1.54, 1.807) is 12.1 Å². The number of hydrogen-bond acceptors (Lipinski definition) is 3. The summed E-state index contributed by atoms with van der Waals surface area (Å²) in [6.45, 7) is 1.62. The summed E-state index contributed by atoms with van der Waals surface area (Å²) in [6, 6.07) is 7.06. The van der Waals surface area contributed by atoms with Gasteiger partial charge in [0.1, 0.15) is 5.82 Å². The van der Waals surface area contributed by atoms with Gasteiger partial charge in [0, 0.05) is 18.6 Å². The molecule has 1 heterocycles. The fourth-order valence-corrected chi connectivity index (χ4v) is 3.70. The monoisotopic (exact) mass is 319 g/mol. The van der Waals surface area contributed by atoms with Gasteiger partial charge in [-0.2, -0.15) is 0 Å². The van der Waals surface area contributed by atoms with Crippen LogP contribution in [0.5, 0.6) is 0 Å². The summed E-state index contributed by atoms with van der Waals surface area (Å²) in [4.78, 5) is 14.8. The summed E-state index contributed by atoms with van der Waals surface area (Å²) >= 11 is 0. The number of benzene rings is 1. The fraction of sp³-hybridized carbons (Fsp3) is 0.611. The molecule has 5 heteroatoms. The Balaban J connectivity index is 1.55. The molecule has 1 atom stereocenters. The molecule has 0 radical (unpaired) electrons. The maximum absolute atomic E-state index is 13.0. The van der Waals surface area contributed by atoms with Crippen LogP contribution in [0.3, 0.4) is 0 Å². The molecule has 1 aromatic rings. The quantitative estimate of drug-likeness (QED) is 0.894. The second-order valence-electron chi connectivity index (χ2n) is 6.88. The van der Waals surface area contributed by atoms with Crippen LogP contribution >= 0.6 is 0 Å². The molecular weight excluding hydrogens is 293 g/mol. The Morgan fingerprint density at radius 2 is 1.87 bits per heavy atom. The van der Waals surface area contributed by atoms with Crippen LogP contribution in [0.4, 0.5) is 4.39 Å². The standard InChI is InChI=1S/C18H26FN3O/c19-14-5-3-13(4-6-14)12-22-11-1-2-17(22)18(23)21-16-9-7-15(20)8-10-16/h3-6,15-17H,1-2,7-12,20H2,(H,21,23). The van der Waals surface area contributed by atoms with Gasteiger partial charge >= 0.3 is 0 Å². The third kappa shape index (κ3) is 4.30. The van der Waals surface area contributed by atoms with Crippen molar-refractivity contribution in [2.24, 2.45) is 5.73 Å². The van der Waals surface area contributed by atoms with Gasteiger partial charge < -0.3 is 11.1 Å². The van der Waals surface area contributed by atoms with E-state index >= 15 is 0 Å². The van der Waals surface area contributed by atoms with E-state index in [1.165, 1.54) is 12.1 Å². The Kier molecular flexibility index (Phi) is 5.28. The summed E-state index contributed by atoms with van der Waals surface area (Å²) in [5.74, 6) is -0.0787. The molecular formula is C18H26FN3O. The number of hydrogen-bond donors (Lipinski definition) is 2. The molecule has 1 aliphatic heterocycles. The highest BCUT2D eigenvalue weighted by Crippen LogP contribution is 2.22. The zero-order valence-corrected chi connectivity index (χ0v) is 13.5. The van der Waals surface area contributed by atoms with E-state index in [1.807, 2.05) is 0 Å². The molecule has 1 unspecified atom stereocenters. The summed E-state index contributed by atoms with van der Waals surface area (Å²) < 4.78 is 13.0. The number of halogens is 1. The van der Waals surface area contributed by atoms with Crippen LogP contribution < -0.4 is 11.1 Å². The number of nitrogens with one attached hydrogen (secondary N) is 1. The highest BCUT2D eigenvalue weighted by atomic mass is 19.1. The Morgan fingerprint density at radius 3 is 2.57 bits per heavy atom. The van der Waals surface area contributed by atoms with Gasteiger partial charge in [-0.1, -0.05) is 12.1 Å². The van der Waals surface area contributed by atoms with E-state index in [4.69, 9.17) is 5.73 Å². The van der Waals surface area contributed by atoms with E-state index < -0.39 is 0 Å². The van der Waals surface area contributed by atoms with Gasteiger partial charge in [0.25, 0.3) is 0 Å².